The van der Waals surface area contributed by atoms with Gasteiger partial charge in [-0.2, -0.15) is 4.98 Å². The van der Waals surface area contributed by atoms with Crippen LogP contribution in [0.3, 0.4) is 0 Å². The van der Waals surface area contributed by atoms with Gasteiger partial charge in [0.05, 0.1) is 4.88 Å². The van der Waals surface area contributed by atoms with Gasteiger partial charge in [0, 0.05) is 18.9 Å². The maximum absolute atomic E-state index is 11.7. The molecule has 0 aromatic carbocycles. The molecule has 8 heteroatoms. The van der Waals surface area contributed by atoms with E-state index in [1.165, 1.54) is 11.3 Å². The van der Waals surface area contributed by atoms with E-state index in [1.807, 2.05) is 17.5 Å². The van der Waals surface area contributed by atoms with Crippen molar-refractivity contribution < 1.29 is 13.8 Å². The van der Waals surface area contributed by atoms with E-state index in [1.54, 1.807) is 13.0 Å². The molecule has 108 valence electrons. The number of anilines is 1. The number of thiophene rings is 1. The first-order valence-electron chi connectivity index (χ1n) is 6.30. The van der Waals surface area contributed by atoms with Crippen LogP contribution in [0, 0.1) is 6.92 Å². The zero-order valence-electron chi connectivity index (χ0n) is 11.2. The van der Waals surface area contributed by atoms with Gasteiger partial charge < -0.3 is 14.4 Å². The Morgan fingerprint density at radius 3 is 3.00 bits per heavy atom. The molecule has 0 saturated carbocycles. The van der Waals surface area contributed by atoms with Gasteiger partial charge in [0.1, 0.15) is 5.76 Å². The number of aryl methyl sites for hydroxylation is 2. The Morgan fingerprint density at radius 2 is 2.29 bits per heavy atom. The third-order valence-corrected chi connectivity index (χ3v) is 3.54. The predicted molar refractivity (Wildman–Crippen MR) is 75.8 cm³/mol. The van der Waals surface area contributed by atoms with Crippen LogP contribution >= 0.6 is 11.3 Å². The number of carbonyl (C=O) groups excluding carboxylic acids is 1. The van der Waals surface area contributed by atoms with E-state index in [0.29, 0.717) is 29.7 Å². The fraction of sp³-hybridized carbons (Fsp3) is 0.231. The first-order chi connectivity index (χ1) is 10.2. The molecular formula is C13H12N4O3S. The monoisotopic (exact) mass is 304 g/mol. The maximum atomic E-state index is 11.7. The molecule has 0 aliphatic rings. The lowest BCUT2D eigenvalue weighted by Crippen LogP contribution is -2.12. The number of rotatable bonds is 5. The van der Waals surface area contributed by atoms with E-state index >= 15 is 0 Å². The minimum atomic E-state index is -0.181. The SMILES string of the molecule is Cc1cc(NC(=O)CCc2nc(-c3cccs3)no2)no1. The number of hydrogen-bond acceptors (Lipinski definition) is 7. The summed E-state index contributed by atoms with van der Waals surface area (Å²) < 4.78 is 9.99. The molecule has 1 N–H and O–H groups in total. The van der Waals surface area contributed by atoms with Gasteiger partial charge in [-0.25, -0.2) is 0 Å². The average molecular weight is 304 g/mol. The topological polar surface area (TPSA) is 94.1 Å². The summed E-state index contributed by atoms with van der Waals surface area (Å²) in [5, 5.41) is 12.2. The predicted octanol–water partition coefficient (Wildman–Crippen LogP) is 2.67. The quantitative estimate of drug-likeness (QED) is 0.778. The summed E-state index contributed by atoms with van der Waals surface area (Å²) in [6.07, 6.45) is 0.610. The van der Waals surface area contributed by atoms with Crippen LogP contribution in [0.15, 0.2) is 32.6 Å². The summed E-state index contributed by atoms with van der Waals surface area (Å²) in [6.45, 7) is 1.76. The number of aromatic nitrogens is 3. The second kappa shape index (κ2) is 5.88. The molecule has 0 aliphatic carbocycles. The third kappa shape index (κ3) is 3.34. The molecular weight excluding hydrogens is 292 g/mol. The Balaban J connectivity index is 1.54. The first kappa shape index (κ1) is 13.5. The van der Waals surface area contributed by atoms with Crippen molar-refractivity contribution in [1.29, 1.82) is 0 Å². The fourth-order valence-electron chi connectivity index (χ4n) is 1.71. The van der Waals surface area contributed by atoms with Crippen LogP contribution in [0.4, 0.5) is 5.82 Å². The first-order valence-corrected chi connectivity index (χ1v) is 7.18. The number of hydrogen-bond donors (Lipinski definition) is 1. The van der Waals surface area contributed by atoms with Gasteiger partial charge >= 0.3 is 0 Å². The van der Waals surface area contributed by atoms with Crippen molar-refractivity contribution in [3.63, 3.8) is 0 Å². The van der Waals surface area contributed by atoms with Gasteiger partial charge in [-0.3, -0.25) is 4.79 Å². The largest absolute Gasteiger partial charge is 0.360 e. The number of nitrogens with zero attached hydrogens (tertiary/aromatic N) is 3. The molecule has 0 bridgehead atoms. The van der Waals surface area contributed by atoms with Gasteiger partial charge in [0.2, 0.25) is 17.6 Å². The molecule has 0 fully saturated rings. The second-order valence-corrected chi connectivity index (χ2v) is 5.31. The van der Waals surface area contributed by atoms with Gasteiger partial charge in [-0.1, -0.05) is 16.4 Å². The van der Waals surface area contributed by atoms with Crippen molar-refractivity contribution in [2.45, 2.75) is 19.8 Å². The lowest BCUT2D eigenvalue weighted by Gasteiger charge is -1.98. The molecule has 0 aliphatic heterocycles. The van der Waals surface area contributed by atoms with Crippen molar-refractivity contribution in [3.05, 3.63) is 35.2 Å². The smallest absolute Gasteiger partial charge is 0.227 e. The molecule has 3 aromatic rings. The van der Waals surface area contributed by atoms with E-state index in [-0.39, 0.29) is 12.3 Å². The molecule has 0 radical (unpaired) electrons. The normalized spacial score (nSPS) is 10.7. The zero-order chi connectivity index (χ0) is 14.7. The van der Waals surface area contributed by atoms with Crippen molar-refractivity contribution in [2.24, 2.45) is 0 Å². The van der Waals surface area contributed by atoms with Crippen molar-refractivity contribution >= 4 is 23.1 Å². The van der Waals surface area contributed by atoms with E-state index in [2.05, 4.69) is 20.6 Å². The molecule has 0 unspecified atom stereocenters. The summed E-state index contributed by atoms with van der Waals surface area (Å²) >= 11 is 1.53. The Bertz CT molecular complexity index is 732. The highest BCUT2D eigenvalue weighted by Crippen LogP contribution is 2.21. The van der Waals surface area contributed by atoms with E-state index in [9.17, 15) is 4.79 Å². The highest BCUT2D eigenvalue weighted by Gasteiger charge is 2.12. The highest BCUT2D eigenvalue weighted by atomic mass is 32.1. The van der Waals surface area contributed by atoms with Crippen LogP contribution in [0.1, 0.15) is 18.1 Å². The number of nitrogens with one attached hydrogen (secondary N) is 1. The van der Waals surface area contributed by atoms with Crippen molar-refractivity contribution in [3.8, 4) is 10.7 Å². The molecule has 0 saturated heterocycles. The standard InChI is InChI=1S/C13H12N4O3S/c1-8-7-10(16-19-8)14-11(18)4-5-12-15-13(17-20-12)9-3-2-6-21-9/h2-3,6-7H,4-5H2,1H3,(H,14,16,18). The fourth-order valence-corrected chi connectivity index (χ4v) is 2.36. The zero-order valence-corrected chi connectivity index (χ0v) is 12.0. The van der Waals surface area contributed by atoms with Gasteiger partial charge in [0.15, 0.2) is 5.82 Å². The second-order valence-electron chi connectivity index (χ2n) is 4.36. The summed E-state index contributed by atoms with van der Waals surface area (Å²) in [5.74, 6) is 1.85. The summed E-state index contributed by atoms with van der Waals surface area (Å²) in [6, 6.07) is 5.49. The Morgan fingerprint density at radius 1 is 1.38 bits per heavy atom. The summed E-state index contributed by atoms with van der Waals surface area (Å²) in [7, 11) is 0. The lowest BCUT2D eigenvalue weighted by molar-refractivity contribution is -0.116. The van der Waals surface area contributed by atoms with Gasteiger partial charge in [-0.15, -0.1) is 11.3 Å². The highest BCUT2D eigenvalue weighted by molar-refractivity contribution is 7.13. The van der Waals surface area contributed by atoms with Crippen LogP contribution < -0.4 is 5.32 Å². The average Bonchev–Trinajstić information content (AvgIpc) is 3.17. The molecule has 7 nitrogen and oxygen atoms in total. The molecule has 3 rings (SSSR count). The molecule has 0 spiro atoms. The van der Waals surface area contributed by atoms with E-state index in [4.69, 9.17) is 9.05 Å². The maximum Gasteiger partial charge on any atom is 0.227 e. The van der Waals surface area contributed by atoms with Crippen molar-refractivity contribution in [1.82, 2.24) is 15.3 Å². The molecule has 21 heavy (non-hydrogen) atoms. The third-order valence-electron chi connectivity index (χ3n) is 2.67. The van der Waals surface area contributed by atoms with Crippen LogP contribution in [-0.4, -0.2) is 21.2 Å². The molecule has 1 amide bonds. The van der Waals surface area contributed by atoms with Crippen LogP contribution in [0.2, 0.25) is 0 Å². The van der Waals surface area contributed by atoms with E-state index in [0.717, 1.165) is 4.88 Å². The summed E-state index contributed by atoms with van der Waals surface area (Å²) in [5.41, 5.74) is 0. The molecule has 0 atom stereocenters. The number of carbonyl (C=O) groups is 1. The van der Waals surface area contributed by atoms with Crippen LogP contribution in [0.25, 0.3) is 10.7 Å². The van der Waals surface area contributed by atoms with Crippen LogP contribution in [-0.2, 0) is 11.2 Å². The Hall–Kier alpha value is -2.48. The lowest BCUT2D eigenvalue weighted by atomic mass is 10.3. The van der Waals surface area contributed by atoms with Gasteiger partial charge in [0.25, 0.3) is 0 Å². The minimum absolute atomic E-state index is 0.181. The Kier molecular flexibility index (Phi) is 3.78. The summed E-state index contributed by atoms with van der Waals surface area (Å²) in [4.78, 5) is 16.9. The van der Waals surface area contributed by atoms with E-state index < -0.39 is 0 Å². The van der Waals surface area contributed by atoms with Crippen LogP contribution in [0.5, 0.6) is 0 Å². The Labute approximate surface area is 124 Å². The minimum Gasteiger partial charge on any atom is -0.360 e. The molecule has 3 aromatic heterocycles. The number of amides is 1. The van der Waals surface area contributed by atoms with Gasteiger partial charge in [-0.05, 0) is 18.4 Å². The molecule has 3 heterocycles. The van der Waals surface area contributed by atoms with Crippen molar-refractivity contribution in [2.75, 3.05) is 5.32 Å².